The maximum Gasteiger partial charge on any atom is 0.290 e. The fourth-order valence-corrected chi connectivity index (χ4v) is 2.67. The highest BCUT2D eigenvalue weighted by molar-refractivity contribution is 5.77. The van der Waals surface area contributed by atoms with Crippen molar-refractivity contribution in [2.75, 3.05) is 13.1 Å². The van der Waals surface area contributed by atoms with Crippen molar-refractivity contribution in [1.29, 1.82) is 0 Å². The van der Waals surface area contributed by atoms with E-state index >= 15 is 0 Å². The standard InChI is InChI=1S/C16H24N2O.CH2O2/c1-10-8-13(16(3,4)5)15(19)11(2)12(10)9-14-17-6-7-18-14;2-1-3/h8,19H,6-7,9H2,1-5H3,(H,17,18);1H,(H,2,3)/p+1. The second-order valence-electron chi connectivity index (χ2n) is 6.59. The zero-order chi connectivity index (χ0) is 16.9. The molecule has 122 valence electrons. The summed E-state index contributed by atoms with van der Waals surface area (Å²) in [6.45, 7) is 12.3. The van der Waals surface area contributed by atoms with Crippen molar-refractivity contribution in [1.82, 2.24) is 0 Å². The Hall–Kier alpha value is -1.88. The van der Waals surface area contributed by atoms with Gasteiger partial charge in [-0.15, -0.1) is 0 Å². The summed E-state index contributed by atoms with van der Waals surface area (Å²) in [5.74, 6) is 1.61. The lowest BCUT2D eigenvalue weighted by molar-refractivity contribution is -0.529. The molecule has 1 aliphatic rings. The van der Waals surface area contributed by atoms with Gasteiger partial charge in [-0.1, -0.05) is 26.8 Å². The van der Waals surface area contributed by atoms with Gasteiger partial charge in [0.25, 0.3) is 6.47 Å². The number of amidine groups is 1. The number of rotatable bonds is 2. The summed E-state index contributed by atoms with van der Waals surface area (Å²) in [6.07, 6.45) is 0.843. The van der Waals surface area contributed by atoms with Crippen LogP contribution in [0.15, 0.2) is 11.1 Å². The molecule has 0 atom stereocenters. The van der Waals surface area contributed by atoms with Crippen molar-refractivity contribution in [2.24, 2.45) is 4.99 Å². The zero-order valence-corrected chi connectivity index (χ0v) is 14.1. The first kappa shape index (κ1) is 18.2. The average Bonchev–Trinajstić information content (AvgIpc) is 2.91. The molecule has 0 aromatic heterocycles. The van der Waals surface area contributed by atoms with Crippen molar-refractivity contribution in [3.63, 3.8) is 0 Å². The van der Waals surface area contributed by atoms with Crippen LogP contribution < -0.4 is 5.32 Å². The van der Waals surface area contributed by atoms with E-state index in [1.165, 1.54) is 11.1 Å². The first-order valence-corrected chi connectivity index (χ1v) is 7.49. The minimum Gasteiger partial charge on any atom is -0.507 e. The van der Waals surface area contributed by atoms with Gasteiger partial charge in [-0.2, -0.15) is 0 Å². The summed E-state index contributed by atoms with van der Waals surface area (Å²) in [5, 5.41) is 19.6. The van der Waals surface area contributed by atoms with Crippen molar-refractivity contribution in [3.05, 3.63) is 28.3 Å². The molecule has 0 bridgehead atoms. The van der Waals surface area contributed by atoms with E-state index in [2.05, 4.69) is 44.1 Å². The Kier molecular flexibility index (Phi) is 6.11. The highest BCUT2D eigenvalue weighted by Crippen LogP contribution is 2.36. The number of benzene rings is 1. The Balaban J connectivity index is 0.000000745. The fourth-order valence-electron chi connectivity index (χ4n) is 2.67. The van der Waals surface area contributed by atoms with Crippen LogP contribution in [0.5, 0.6) is 5.75 Å². The lowest BCUT2D eigenvalue weighted by Gasteiger charge is -2.24. The lowest BCUT2D eigenvalue weighted by Crippen LogP contribution is -2.86. The van der Waals surface area contributed by atoms with Gasteiger partial charge < -0.3 is 10.2 Å². The van der Waals surface area contributed by atoms with Gasteiger partial charge >= 0.3 is 0 Å². The van der Waals surface area contributed by atoms with Gasteiger partial charge in [0.1, 0.15) is 12.3 Å². The van der Waals surface area contributed by atoms with Crippen LogP contribution in [-0.4, -0.2) is 35.6 Å². The van der Waals surface area contributed by atoms with Crippen molar-refractivity contribution >= 4 is 12.3 Å². The number of hydrogen-bond acceptors (Lipinski definition) is 3. The number of nitrogens with two attached hydrogens (primary N) is 1. The number of phenols is 1. The summed E-state index contributed by atoms with van der Waals surface area (Å²) >= 11 is 0. The zero-order valence-electron chi connectivity index (χ0n) is 14.1. The summed E-state index contributed by atoms with van der Waals surface area (Å²) in [7, 11) is 0. The Labute approximate surface area is 132 Å². The number of carboxylic acid groups (broad SMARTS) is 1. The van der Waals surface area contributed by atoms with Crippen LogP contribution >= 0.6 is 0 Å². The molecule has 0 fully saturated rings. The lowest BCUT2D eigenvalue weighted by atomic mass is 9.82. The maximum atomic E-state index is 10.5. The first-order valence-electron chi connectivity index (χ1n) is 7.49. The van der Waals surface area contributed by atoms with Gasteiger partial charge in [-0.25, -0.2) is 4.99 Å². The Morgan fingerprint density at radius 2 is 1.95 bits per heavy atom. The predicted molar refractivity (Wildman–Crippen MR) is 87.8 cm³/mol. The number of nitrogens with zero attached hydrogens (tertiary/aromatic N) is 1. The molecule has 5 nitrogen and oxygen atoms in total. The summed E-state index contributed by atoms with van der Waals surface area (Å²) in [6, 6.07) is 2.13. The molecule has 2 rings (SSSR count). The molecule has 0 aliphatic carbocycles. The molecule has 5 heteroatoms. The van der Waals surface area contributed by atoms with Gasteiger partial charge in [0, 0.05) is 0 Å². The molecule has 22 heavy (non-hydrogen) atoms. The highest BCUT2D eigenvalue weighted by atomic mass is 16.3. The maximum absolute atomic E-state index is 10.5. The van der Waals surface area contributed by atoms with Crippen LogP contribution in [0.1, 0.15) is 43.0 Å². The topological polar surface area (TPSA) is 86.5 Å². The molecule has 0 spiro atoms. The third-order valence-electron chi connectivity index (χ3n) is 3.89. The third kappa shape index (κ3) is 4.31. The summed E-state index contributed by atoms with van der Waals surface area (Å²) in [4.78, 5) is 12.9. The number of aliphatic imine (C=N–C) groups is 1. The van der Waals surface area contributed by atoms with Crippen LogP contribution in [0.3, 0.4) is 0 Å². The van der Waals surface area contributed by atoms with E-state index < -0.39 is 0 Å². The minimum absolute atomic E-state index is 0.0326. The van der Waals surface area contributed by atoms with E-state index in [-0.39, 0.29) is 11.9 Å². The number of aryl methyl sites for hydroxylation is 1. The monoisotopic (exact) mass is 307 g/mol. The predicted octanol–water partition coefficient (Wildman–Crippen LogP) is 1.53. The highest BCUT2D eigenvalue weighted by Gasteiger charge is 2.23. The van der Waals surface area contributed by atoms with E-state index in [1.807, 2.05) is 6.92 Å². The third-order valence-corrected chi connectivity index (χ3v) is 3.89. The molecule has 1 heterocycles. The molecule has 0 saturated heterocycles. The van der Waals surface area contributed by atoms with Gasteiger partial charge in [-0.3, -0.25) is 10.1 Å². The first-order chi connectivity index (χ1) is 10.2. The molecule has 0 amide bonds. The summed E-state index contributed by atoms with van der Waals surface area (Å²) < 4.78 is 0. The fraction of sp³-hybridized carbons (Fsp3) is 0.529. The largest absolute Gasteiger partial charge is 0.507 e. The van der Waals surface area contributed by atoms with Crippen molar-refractivity contribution in [3.8, 4) is 5.75 Å². The van der Waals surface area contributed by atoms with Crippen LogP contribution in [0.25, 0.3) is 0 Å². The van der Waals surface area contributed by atoms with Crippen LogP contribution in [0, 0.1) is 13.8 Å². The molecular formula is C17H27N2O3+. The molecule has 0 saturated carbocycles. The van der Waals surface area contributed by atoms with E-state index in [9.17, 15) is 5.11 Å². The molecule has 4 N–H and O–H groups in total. The Morgan fingerprint density at radius 1 is 1.36 bits per heavy atom. The van der Waals surface area contributed by atoms with Crippen molar-refractivity contribution in [2.45, 2.75) is 46.5 Å². The van der Waals surface area contributed by atoms with E-state index in [0.717, 1.165) is 36.5 Å². The Morgan fingerprint density at radius 3 is 2.41 bits per heavy atom. The second kappa shape index (κ2) is 7.40. The van der Waals surface area contributed by atoms with E-state index in [4.69, 9.17) is 9.90 Å². The van der Waals surface area contributed by atoms with Gasteiger partial charge in [-0.05, 0) is 41.5 Å². The van der Waals surface area contributed by atoms with Crippen molar-refractivity contribution < 1.29 is 20.3 Å². The average molecular weight is 307 g/mol. The smallest absolute Gasteiger partial charge is 0.290 e. The van der Waals surface area contributed by atoms with Crippen LogP contribution in [0.2, 0.25) is 0 Å². The molecule has 0 radical (unpaired) electrons. The SMILES string of the molecule is Cc1cc(C(C)(C)C)c(O)c(C)c1CC1=NCC[NH2+]1.O=CO. The van der Waals surface area contributed by atoms with E-state index in [1.54, 1.807) is 0 Å². The van der Waals surface area contributed by atoms with Crippen LogP contribution in [0.4, 0.5) is 0 Å². The Bertz CT molecular complexity index is 572. The molecule has 1 aliphatic heterocycles. The quantitative estimate of drug-likeness (QED) is 0.724. The van der Waals surface area contributed by atoms with Gasteiger partial charge in [0.15, 0.2) is 5.84 Å². The van der Waals surface area contributed by atoms with Gasteiger partial charge in [0.05, 0.1) is 13.0 Å². The molecule has 1 aromatic rings. The molecule has 0 unspecified atom stereocenters. The van der Waals surface area contributed by atoms with Crippen LogP contribution in [-0.2, 0) is 16.6 Å². The number of quaternary nitrogens is 1. The number of carbonyl (C=O) groups is 1. The number of phenolic OH excluding ortho intramolecular Hbond substituents is 1. The van der Waals surface area contributed by atoms with Gasteiger partial charge in [0.2, 0.25) is 0 Å². The minimum atomic E-state index is -0.250. The molecular weight excluding hydrogens is 280 g/mol. The normalized spacial score (nSPS) is 14.1. The number of aromatic hydroxyl groups is 1. The molecule has 1 aromatic carbocycles. The van der Waals surface area contributed by atoms with E-state index in [0.29, 0.717) is 5.75 Å². The second-order valence-corrected chi connectivity index (χ2v) is 6.59. The summed E-state index contributed by atoms with van der Waals surface area (Å²) in [5.41, 5.74) is 4.48. The number of hydrogen-bond donors (Lipinski definition) is 3.